The Morgan fingerprint density at radius 3 is 1.00 bits per heavy atom. The molecule has 0 saturated heterocycles. The van der Waals surface area contributed by atoms with Gasteiger partial charge in [0.15, 0.2) is 0 Å². The van der Waals surface area contributed by atoms with Gasteiger partial charge < -0.3 is 0 Å². The van der Waals surface area contributed by atoms with E-state index in [-0.39, 0.29) is 23.5 Å². The van der Waals surface area contributed by atoms with E-state index in [1.807, 2.05) is 0 Å². The van der Waals surface area contributed by atoms with Crippen LogP contribution in [0.4, 0.5) is 0 Å². The second-order valence-corrected chi connectivity index (χ2v) is 15.1. The van der Waals surface area contributed by atoms with Crippen LogP contribution in [0.3, 0.4) is 0 Å². The molecular weight excluding hydrogens is 999 g/mol. The van der Waals surface area contributed by atoms with Crippen molar-refractivity contribution in [3.63, 3.8) is 0 Å². The van der Waals surface area contributed by atoms with Crippen LogP contribution >= 0.6 is 159 Å². The van der Waals surface area contributed by atoms with E-state index < -0.39 is 0 Å². The molecule has 0 aromatic heterocycles. The summed E-state index contributed by atoms with van der Waals surface area (Å²) in [4.78, 5) is 0. The van der Waals surface area contributed by atoms with E-state index >= 15 is 0 Å². The smallest absolute Gasteiger partial charge is 0.238 e. The molecule has 0 heterocycles. The molecule has 0 unspecified atom stereocenters. The second-order valence-electron chi connectivity index (χ2n) is 3.88. The maximum atomic E-state index is 3.46. The van der Waals surface area contributed by atoms with Gasteiger partial charge in [0.25, 0.3) is 0 Å². The van der Waals surface area contributed by atoms with Gasteiger partial charge >= 0.3 is 17.1 Å². The SMILES string of the molecule is BrCC1=[C-]C(Br)(Br)C(Br)=C1Br.BrCC1=[C-]C(Br)(Br)C(Br)=C1Br.[Fe+2]. The fourth-order valence-electron chi connectivity index (χ4n) is 1.32. The normalized spacial score (nSPS) is 21.5. The predicted octanol–water partition coefficient (Wildman–Crippen LogP) is 9.22. The Bertz CT molecular complexity index is 533. The molecule has 2 aliphatic rings. The number of alkyl halides is 6. The van der Waals surface area contributed by atoms with Gasteiger partial charge in [-0.15, -0.1) is 8.96 Å². The third-order valence-electron chi connectivity index (χ3n) is 2.35. The molecule has 0 spiro atoms. The van der Waals surface area contributed by atoms with Gasteiger partial charge in [0, 0.05) is 6.47 Å². The maximum Gasteiger partial charge on any atom is 2.00 e. The molecule has 0 atom stereocenters. The monoisotopic (exact) mass is 993 g/mol. The zero-order chi connectivity index (χ0) is 17.3. The molecular formula is C12H4Br10Fe. The molecule has 0 nitrogen and oxygen atoms in total. The Balaban J connectivity index is 0.000000403. The van der Waals surface area contributed by atoms with E-state index in [2.05, 4.69) is 171 Å². The number of halogens is 10. The van der Waals surface area contributed by atoms with E-state index in [1.54, 1.807) is 0 Å². The largest absolute Gasteiger partial charge is 2.00 e. The quantitative estimate of drug-likeness (QED) is 0.147. The zero-order valence-corrected chi connectivity index (χ0v) is 27.5. The van der Waals surface area contributed by atoms with Crippen LogP contribution in [0.15, 0.2) is 29.1 Å². The predicted molar refractivity (Wildman–Crippen MR) is 132 cm³/mol. The Kier molecular flexibility index (Phi) is 13.6. The minimum atomic E-state index is -0.345. The van der Waals surface area contributed by atoms with Crippen molar-refractivity contribution in [1.82, 2.24) is 0 Å². The van der Waals surface area contributed by atoms with Crippen molar-refractivity contribution in [1.29, 1.82) is 0 Å². The molecule has 11 heteroatoms. The summed E-state index contributed by atoms with van der Waals surface area (Å²) >= 11 is 34.4. The van der Waals surface area contributed by atoms with Crippen molar-refractivity contribution >= 4 is 159 Å². The van der Waals surface area contributed by atoms with Gasteiger partial charge in [-0.25, -0.2) is 12.2 Å². The fraction of sp³-hybridized carbons (Fsp3) is 0.333. The van der Waals surface area contributed by atoms with Crippen molar-refractivity contribution in [2.45, 2.75) is 6.47 Å². The van der Waals surface area contributed by atoms with E-state index in [0.29, 0.717) is 0 Å². The first-order chi connectivity index (χ1) is 9.97. The Morgan fingerprint density at radius 1 is 0.652 bits per heavy atom. The molecule has 2 aliphatic carbocycles. The number of hydrogen-bond acceptors (Lipinski definition) is 0. The van der Waals surface area contributed by atoms with Crippen molar-refractivity contribution in [2.24, 2.45) is 0 Å². The molecule has 0 fully saturated rings. The van der Waals surface area contributed by atoms with Crippen molar-refractivity contribution in [3.05, 3.63) is 41.2 Å². The Labute approximate surface area is 230 Å². The van der Waals surface area contributed by atoms with Crippen molar-refractivity contribution < 1.29 is 17.1 Å². The van der Waals surface area contributed by atoms with Gasteiger partial charge in [-0.3, -0.25) is 0 Å². The molecule has 0 aromatic rings. The molecule has 2 rings (SSSR count). The average molecular weight is 1000 g/mol. The molecule has 0 N–H and O–H groups in total. The van der Waals surface area contributed by atoms with Gasteiger partial charge in [0.05, 0.1) is 0 Å². The molecule has 0 aromatic carbocycles. The number of hydrogen-bond donors (Lipinski definition) is 0. The van der Waals surface area contributed by atoms with E-state index in [0.717, 1.165) is 39.7 Å². The molecule has 0 radical (unpaired) electrons. The van der Waals surface area contributed by atoms with Gasteiger partial charge in [0.2, 0.25) is 0 Å². The minimum absolute atomic E-state index is 0. The average Bonchev–Trinajstić information content (AvgIpc) is 2.78. The molecule has 0 saturated carbocycles. The Hall–Kier alpha value is 4.28. The van der Waals surface area contributed by atoms with Crippen LogP contribution in [0.5, 0.6) is 0 Å². The van der Waals surface area contributed by atoms with Crippen LogP contribution in [0.25, 0.3) is 0 Å². The zero-order valence-electron chi connectivity index (χ0n) is 10.5. The van der Waals surface area contributed by atoms with Crippen LogP contribution in [-0.4, -0.2) is 17.1 Å². The summed E-state index contributed by atoms with van der Waals surface area (Å²) in [5, 5.41) is 1.59. The number of rotatable bonds is 2. The summed E-state index contributed by atoms with van der Waals surface area (Å²) in [6, 6.07) is 0. The third kappa shape index (κ3) is 7.23. The van der Waals surface area contributed by atoms with Crippen LogP contribution in [0, 0.1) is 12.2 Å². The van der Waals surface area contributed by atoms with Crippen LogP contribution in [-0.2, 0) is 17.1 Å². The first kappa shape index (κ1) is 27.3. The summed E-state index contributed by atoms with van der Waals surface area (Å²) in [6.45, 7) is 0. The third-order valence-corrected chi connectivity index (χ3v) is 12.8. The van der Waals surface area contributed by atoms with Crippen LogP contribution < -0.4 is 0 Å². The Morgan fingerprint density at radius 2 is 0.913 bits per heavy atom. The summed E-state index contributed by atoms with van der Waals surface area (Å²) in [5.41, 5.74) is 2.20. The molecule has 23 heavy (non-hydrogen) atoms. The molecule has 130 valence electrons. The standard InChI is InChI=1S/2C6H2Br5.Fe/c2*7-2-3-1-6(10,11)5(9)4(3)8;/h2*2H2;/q2*-1;+2. The summed E-state index contributed by atoms with van der Waals surface area (Å²) in [5.74, 6) is 0. The topological polar surface area (TPSA) is 0 Å². The van der Waals surface area contributed by atoms with Gasteiger partial charge in [-0.1, -0.05) is 136 Å². The van der Waals surface area contributed by atoms with Gasteiger partial charge in [-0.05, 0) is 10.7 Å². The first-order valence-corrected chi connectivity index (χ1v) is 13.8. The summed E-state index contributed by atoms with van der Waals surface area (Å²) < 4.78 is 3.43. The maximum absolute atomic E-state index is 3.46. The van der Waals surface area contributed by atoms with E-state index in [4.69, 9.17) is 0 Å². The summed E-state index contributed by atoms with van der Waals surface area (Å²) in [7, 11) is 0. The van der Waals surface area contributed by atoms with E-state index in [1.165, 1.54) is 0 Å². The second kappa shape index (κ2) is 11.5. The molecule has 0 amide bonds. The van der Waals surface area contributed by atoms with E-state index in [9.17, 15) is 0 Å². The fourth-order valence-corrected chi connectivity index (χ4v) is 7.48. The van der Waals surface area contributed by atoms with Gasteiger partial charge in [-0.2, -0.15) is 43.0 Å². The van der Waals surface area contributed by atoms with Crippen molar-refractivity contribution in [3.8, 4) is 0 Å². The van der Waals surface area contributed by atoms with Crippen molar-refractivity contribution in [2.75, 3.05) is 10.7 Å². The van der Waals surface area contributed by atoms with Crippen LogP contribution in [0.2, 0.25) is 0 Å². The first-order valence-electron chi connectivity index (χ1n) is 5.25. The summed E-state index contributed by atoms with van der Waals surface area (Å²) in [6.07, 6.45) is 6.43. The molecule has 0 bridgehead atoms. The minimum Gasteiger partial charge on any atom is -0.238 e. The number of allylic oxidation sites excluding steroid dienone is 8. The molecule has 0 aliphatic heterocycles. The van der Waals surface area contributed by atoms with Crippen LogP contribution in [0.1, 0.15) is 0 Å². The van der Waals surface area contributed by atoms with Gasteiger partial charge in [0.1, 0.15) is 0 Å².